The van der Waals surface area contributed by atoms with Crippen LogP contribution >= 0.6 is 0 Å². The molecular formula is C18H17FN6O. The van der Waals surface area contributed by atoms with Gasteiger partial charge in [0.2, 0.25) is 5.91 Å². The summed E-state index contributed by atoms with van der Waals surface area (Å²) in [6, 6.07) is 8.34. The van der Waals surface area contributed by atoms with Crippen LogP contribution in [0.25, 0.3) is 5.82 Å². The summed E-state index contributed by atoms with van der Waals surface area (Å²) >= 11 is 0. The van der Waals surface area contributed by atoms with Gasteiger partial charge < -0.3 is 10.2 Å². The summed E-state index contributed by atoms with van der Waals surface area (Å²) in [6.07, 6.45) is 4.97. The van der Waals surface area contributed by atoms with Crippen molar-refractivity contribution in [2.24, 2.45) is 5.92 Å². The molecule has 4 rings (SSSR count). The maximum absolute atomic E-state index is 13.6. The second-order valence-corrected chi connectivity index (χ2v) is 6.24. The molecule has 1 aliphatic rings. The van der Waals surface area contributed by atoms with Gasteiger partial charge in [0, 0.05) is 37.2 Å². The molecule has 1 amide bonds. The van der Waals surface area contributed by atoms with Crippen molar-refractivity contribution in [2.45, 2.75) is 6.92 Å². The van der Waals surface area contributed by atoms with Crippen molar-refractivity contribution in [1.29, 1.82) is 0 Å². The fourth-order valence-electron chi connectivity index (χ4n) is 2.79. The molecular weight excluding hydrogens is 335 g/mol. The highest BCUT2D eigenvalue weighted by Gasteiger charge is 2.33. The first kappa shape index (κ1) is 16.2. The van der Waals surface area contributed by atoms with E-state index in [1.165, 1.54) is 12.4 Å². The highest BCUT2D eigenvalue weighted by Crippen LogP contribution is 2.25. The van der Waals surface area contributed by atoms with Crippen molar-refractivity contribution in [2.75, 3.05) is 23.3 Å². The highest BCUT2D eigenvalue weighted by atomic mass is 19.1. The van der Waals surface area contributed by atoms with E-state index in [4.69, 9.17) is 0 Å². The summed E-state index contributed by atoms with van der Waals surface area (Å²) in [4.78, 5) is 22.8. The first-order valence-electron chi connectivity index (χ1n) is 8.24. The predicted molar refractivity (Wildman–Crippen MR) is 94.6 cm³/mol. The summed E-state index contributed by atoms with van der Waals surface area (Å²) in [6.45, 7) is 2.79. The molecule has 1 aliphatic heterocycles. The molecule has 0 atom stereocenters. The number of halogens is 1. The van der Waals surface area contributed by atoms with Gasteiger partial charge >= 0.3 is 0 Å². The van der Waals surface area contributed by atoms with Crippen molar-refractivity contribution in [1.82, 2.24) is 19.7 Å². The van der Waals surface area contributed by atoms with Gasteiger partial charge in [0.05, 0.1) is 5.92 Å². The Bertz CT molecular complexity index is 937. The summed E-state index contributed by atoms with van der Waals surface area (Å²) in [5.74, 6) is 0.803. The molecule has 2 aromatic heterocycles. The lowest BCUT2D eigenvalue weighted by molar-refractivity contribution is -0.120. The molecule has 7 nitrogen and oxygen atoms in total. The van der Waals surface area contributed by atoms with Crippen LogP contribution in [0, 0.1) is 18.7 Å². The number of aryl methyl sites for hydroxylation is 1. The van der Waals surface area contributed by atoms with E-state index in [1.54, 1.807) is 36.1 Å². The number of benzene rings is 1. The van der Waals surface area contributed by atoms with Crippen molar-refractivity contribution in [3.63, 3.8) is 0 Å². The van der Waals surface area contributed by atoms with E-state index < -0.39 is 0 Å². The Labute approximate surface area is 149 Å². The number of hydrogen-bond acceptors (Lipinski definition) is 5. The first-order chi connectivity index (χ1) is 12.6. The van der Waals surface area contributed by atoms with Crippen molar-refractivity contribution >= 4 is 17.4 Å². The molecule has 1 N–H and O–H groups in total. The predicted octanol–water partition coefficient (Wildman–Crippen LogP) is 2.18. The third-order valence-electron chi connectivity index (χ3n) is 4.39. The van der Waals surface area contributed by atoms with Crippen LogP contribution < -0.4 is 10.2 Å². The molecule has 0 aliphatic carbocycles. The van der Waals surface area contributed by atoms with Crippen molar-refractivity contribution in [3.05, 3.63) is 60.4 Å². The van der Waals surface area contributed by atoms with Crippen LogP contribution in [0.5, 0.6) is 0 Å². The van der Waals surface area contributed by atoms with Gasteiger partial charge in [-0.25, -0.2) is 19.0 Å². The zero-order chi connectivity index (χ0) is 18.1. The normalized spacial score (nSPS) is 14.2. The molecule has 132 valence electrons. The maximum Gasteiger partial charge on any atom is 0.231 e. The average Bonchev–Trinajstić information content (AvgIpc) is 3.12. The van der Waals surface area contributed by atoms with E-state index in [1.807, 2.05) is 17.0 Å². The minimum absolute atomic E-state index is 0.120. The van der Waals surface area contributed by atoms with Crippen LogP contribution in [0.15, 0.2) is 49.1 Å². The van der Waals surface area contributed by atoms with Crippen LogP contribution in [0.4, 0.5) is 15.9 Å². The van der Waals surface area contributed by atoms with E-state index in [2.05, 4.69) is 20.4 Å². The molecule has 0 unspecified atom stereocenters. The second-order valence-electron chi connectivity index (χ2n) is 6.24. The summed E-state index contributed by atoms with van der Waals surface area (Å²) in [5.41, 5.74) is 1.02. The van der Waals surface area contributed by atoms with Gasteiger partial charge in [-0.2, -0.15) is 5.10 Å². The molecule has 0 bridgehead atoms. The Morgan fingerprint density at radius 2 is 2.04 bits per heavy atom. The fraction of sp³-hybridized carbons (Fsp3) is 0.222. The molecule has 26 heavy (non-hydrogen) atoms. The summed E-state index contributed by atoms with van der Waals surface area (Å²) < 4.78 is 15.2. The molecule has 1 fully saturated rings. The van der Waals surface area contributed by atoms with Gasteiger partial charge in [0.1, 0.15) is 18.0 Å². The number of carbonyl (C=O) groups is 1. The Morgan fingerprint density at radius 1 is 1.23 bits per heavy atom. The van der Waals surface area contributed by atoms with Crippen molar-refractivity contribution in [3.8, 4) is 5.82 Å². The molecule has 0 saturated carbocycles. The highest BCUT2D eigenvalue weighted by molar-refractivity contribution is 5.94. The molecule has 1 saturated heterocycles. The van der Waals surface area contributed by atoms with E-state index in [9.17, 15) is 9.18 Å². The Balaban J connectivity index is 1.38. The number of nitrogens with one attached hydrogen (secondary N) is 1. The minimum atomic E-state index is -0.329. The van der Waals surface area contributed by atoms with Gasteiger partial charge in [0.15, 0.2) is 5.82 Å². The maximum atomic E-state index is 13.6. The largest absolute Gasteiger partial charge is 0.355 e. The third kappa shape index (κ3) is 3.13. The standard InChI is InChI=1S/C18H17FN6O/c1-12-3-4-14(7-15(12)19)23-18(26)13-9-24(10-13)16-8-17(21-11-20-16)25-6-2-5-22-25/h2-8,11,13H,9-10H2,1H3,(H,23,26). The average molecular weight is 352 g/mol. The minimum Gasteiger partial charge on any atom is -0.355 e. The molecule has 3 aromatic rings. The van der Waals surface area contributed by atoms with Gasteiger partial charge in [0.25, 0.3) is 0 Å². The van der Waals surface area contributed by atoms with Gasteiger partial charge in [-0.05, 0) is 30.7 Å². The van der Waals surface area contributed by atoms with E-state index in [0.29, 0.717) is 30.2 Å². The van der Waals surface area contributed by atoms with Crippen LogP contribution in [-0.2, 0) is 4.79 Å². The monoisotopic (exact) mass is 352 g/mol. The third-order valence-corrected chi connectivity index (χ3v) is 4.39. The molecule has 1 aromatic carbocycles. The van der Waals surface area contributed by atoms with Gasteiger partial charge in [-0.3, -0.25) is 4.79 Å². The zero-order valence-corrected chi connectivity index (χ0v) is 14.1. The Kier molecular flexibility index (Phi) is 4.08. The van der Waals surface area contributed by atoms with Crippen LogP contribution in [-0.4, -0.2) is 38.7 Å². The topological polar surface area (TPSA) is 75.9 Å². The Hall–Kier alpha value is -3.29. The first-order valence-corrected chi connectivity index (χ1v) is 8.24. The summed E-state index contributed by atoms with van der Waals surface area (Å²) in [7, 11) is 0. The van der Waals surface area contributed by atoms with Gasteiger partial charge in [-0.1, -0.05) is 6.07 Å². The number of anilines is 2. The summed E-state index contributed by atoms with van der Waals surface area (Å²) in [5, 5.41) is 6.91. The van der Waals surface area contributed by atoms with E-state index >= 15 is 0 Å². The molecule has 0 spiro atoms. The van der Waals surface area contributed by atoms with Crippen LogP contribution in [0.3, 0.4) is 0 Å². The van der Waals surface area contributed by atoms with E-state index in [0.717, 1.165) is 5.82 Å². The second kappa shape index (κ2) is 6.55. The SMILES string of the molecule is Cc1ccc(NC(=O)C2CN(c3cc(-n4cccn4)ncn3)C2)cc1F. The van der Waals surface area contributed by atoms with Crippen molar-refractivity contribution < 1.29 is 9.18 Å². The van der Waals surface area contributed by atoms with Crippen LogP contribution in [0.2, 0.25) is 0 Å². The number of carbonyl (C=O) groups excluding carboxylic acids is 1. The lowest BCUT2D eigenvalue weighted by atomic mass is 9.99. The van der Waals surface area contributed by atoms with Gasteiger partial charge in [-0.15, -0.1) is 0 Å². The lowest BCUT2D eigenvalue weighted by Crippen LogP contribution is -2.52. The Morgan fingerprint density at radius 3 is 2.77 bits per heavy atom. The number of aromatic nitrogens is 4. The fourth-order valence-corrected chi connectivity index (χ4v) is 2.79. The molecule has 8 heteroatoms. The quantitative estimate of drug-likeness (QED) is 0.779. The number of rotatable bonds is 4. The molecule has 3 heterocycles. The zero-order valence-electron chi connectivity index (χ0n) is 14.1. The van der Waals surface area contributed by atoms with Crippen LogP contribution in [0.1, 0.15) is 5.56 Å². The van der Waals surface area contributed by atoms with E-state index in [-0.39, 0.29) is 17.6 Å². The smallest absolute Gasteiger partial charge is 0.231 e. The number of amides is 1. The lowest BCUT2D eigenvalue weighted by Gasteiger charge is -2.39. The number of nitrogens with zero attached hydrogens (tertiary/aromatic N) is 5. The molecule has 0 radical (unpaired) electrons. The number of hydrogen-bond donors (Lipinski definition) is 1.